The summed E-state index contributed by atoms with van der Waals surface area (Å²) in [7, 11) is 0. The number of Topliss-reactive ketones (excluding diaryl/α,β-unsaturated/α-hetero) is 1. The summed E-state index contributed by atoms with van der Waals surface area (Å²) in [5.74, 6) is -0.272. The zero-order valence-electron chi connectivity index (χ0n) is 25.3. The van der Waals surface area contributed by atoms with Crippen LogP contribution in [0.5, 0.6) is 5.75 Å². The van der Waals surface area contributed by atoms with Gasteiger partial charge in [-0.15, -0.1) is 0 Å². The van der Waals surface area contributed by atoms with Crippen molar-refractivity contribution in [1.82, 2.24) is 9.55 Å². The molecule has 0 atom stereocenters. The van der Waals surface area contributed by atoms with Crippen LogP contribution in [0.2, 0.25) is 0 Å². The fourth-order valence-electron chi connectivity index (χ4n) is 5.33. The first-order valence-electron chi connectivity index (χ1n) is 14.4. The molecule has 2 aromatic heterocycles. The first-order valence-corrected chi connectivity index (χ1v) is 15.5. The van der Waals surface area contributed by atoms with Crippen molar-refractivity contribution < 1.29 is 19.4 Å². The number of rotatable bonds is 10. The number of pyridine rings is 1. The van der Waals surface area contributed by atoms with Gasteiger partial charge in [0.15, 0.2) is 5.78 Å². The molecular formula is C36H37IN2O4. The zero-order valence-corrected chi connectivity index (χ0v) is 27.4. The highest BCUT2D eigenvalue weighted by Gasteiger charge is 2.34. The predicted molar refractivity (Wildman–Crippen MR) is 180 cm³/mol. The van der Waals surface area contributed by atoms with Gasteiger partial charge in [0.2, 0.25) is 0 Å². The van der Waals surface area contributed by atoms with Crippen molar-refractivity contribution >= 4 is 56.1 Å². The number of carbonyl (C=O) groups is 2. The highest BCUT2D eigenvalue weighted by atomic mass is 125. The van der Waals surface area contributed by atoms with Crippen LogP contribution in [0.15, 0.2) is 78.9 Å². The number of ether oxygens (including phenoxy) is 1. The van der Waals surface area contributed by atoms with Crippen LogP contribution in [0.25, 0.3) is 21.8 Å². The van der Waals surface area contributed by atoms with Crippen LogP contribution in [0, 0.1) is 14.4 Å². The van der Waals surface area contributed by atoms with Crippen LogP contribution in [-0.4, -0.2) is 26.4 Å². The lowest BCUT2D eigenvalue weighted by Crippen LogP contribution is -2.28. The van der Waals surface area contributed by atoms with E-state index in [-0.39, 0.29) is 24.2 Å². The molecule has 0 fully saturated rings. The van der Waals surface area contributed by atoms with E-state index in [4.69, 9.17) is 9.72 Å². The second-order valence-electron chi connectivity index (χ2n) is 13.0. The Morgan fingerprint density at radius 3 is 2.35 bits per heavy atom. The molecule has 0 bridgehead atoms. The smallest absolute Gasteiger partial charge is 0.309 e. The van der Waals surface area contributed by atoms with Crippen molar-refractivity contribution in [1.29, 1.82) is 0 Å². The number of fused-ring (bicyclic) bond motifs is 2. The van der Waals surface area contributed by atoms with E-state index in [2.05, 4.69) is 51.4 Å². The van der Waals surface area contributed by atoms with Crippen molar-refractivity contribution in [2.24, 2.45) is 10.8 Å². The van der Waals surface area contributed by atoms with Gasteiger partial charge in [-0.1, -0.05) is 57.2 Å². The molecule has 3 aromatic carbocycles. The third-order valence-electron chi connectivity index (χ3n) is 7.60. The zero-order chi connectivity index (χ0) is 30.9. The van der Waals surface area contributed by atoms with E-state index in [1.165, 1.54) is 0 Å². The average Bonchev–Trinajstić information content (AvgIpc) is 3.23. The Morgan fingerprint density at radius 1 is 0.930 bits per heavy atom. The lowest BCUT2D eigenvalue weighted by atomic mass is 9.83. The first kappa shape index (κ1) is 30.7. The molecule has 0 aliphatic carbocycles. The van der Waals surface area contributed by atoms with Crippen LogP contribution < -0.4 is 4.74 Å². The van der Waals surface area contributed by atoms with Gasteiger partial charge in [0.25, 0.3) is 0 Å². The molecule has 6 nitrogen and oxygen atoms in total. The topological polar surface area (TPSA) is 81.4 Å². The maximum Gasteiger partial charge on any atom is 0.309 e. The molecule has 0 aliphatic heterocycles. The molecule has 222 valence electrons. The average molecular weight is 687 g/mol. The highest BCUT2D eigenvalue weighted by molar-refractivity contribution is 14.1. The number of aromatic nitrogens is 2. The lowest BCUT2D eigenvalue weighted by molar-refractivity contribution is -0.146. The van der Waals surface area contributed by atoms with Gasteiger partial charge in [0, 0.05) is 50.5 Å². The molecule has 0 spiro atoms. The fraction of sp³-hybridized carbons (Fsp3) is 0.306. The number of hydrogen-bond acceptors (Lipinski definition) is 4. The summed E-state index contributed by atoms with van der Waals surface area (Å²) in [5, 5.41) is 11.9. The number of carbonyl (C=O) groups excluding carboxylic acids is 1. The van der Waals surface area contributed by atoms with E-state index in [0.717, 1.165) is 42.3 Å². The highest BCUT2D eigenvalue weighted by Crippen LogP contribution is 2.37. The summed E-state index contributed by atoms with van der Waals surface area (Å²) < 4.78 is 9.48. The number of carboxylic acids is 1. The van der Waals surface area contributed by atoms with Gasteiger partial charge in [-0.25, -0.2) is 4.98 Å². The van der Waals surface area contributed by atoms with E-state index in [9.17, 15) is 14.7 Å². The minimum absolute atomic E-state index is 0.00314. The van der Waals surface area contributed by atoms with Gasteiger partial charge in [-0.2, -0.15) is 0 Å². The van der Waals surface area contributed by atoms with Crippen LogP contribution in [0.3, 0.4) is 0 Å². The quantitative estimate of drug-likeness (QED) is 0.118. The monoisotopic (exact) mass is 686 g/mol. The molecule has 0 radical (unpaired) electrons. The second kappa shape index (κ2) is 12.1. The Morgan fingerprint density at radius 2 is 1.65 bits per heavy atom. The predicted octanol–water partition coefficient (Wildman–Crippen LogP) is 8.69. The van der Waals surface area contributed by atoms with E-state index in [1.54, 1.807) is 13.8 Å². The van der Waals surface area contributed by atoms with Gasteiger partial charge in [-0.05, 0) is 89.9 Å². The van der Waals surface area contributed by atoms with Crippen molar-refractivity contribution in [3.63, 3.8) is 0 Å². The summed E-state index contributed by atoms with van der Waals surface area (Å²) in [6, 6.07) is 26.0. The van der Waals surface area contributed by atoms with Gasteiger partial charge in [0.1, 0.15) is 12.4 Å². The van der Waals surface area contributed by atoms with Gasteiger partial charge in [0.05, 0.1) is 16.6 Å². The van der Waals surface area contributed by atoms with E-state index < -0.39 is 11.4 Å². The SMILES string of the molecule is CC(C)(C)CC(=O)c1c(CC(C)(C)C(=O)O)n(Cc2ccc([125I])cc2)c2ccc(OCc3ccc4ccccc4n3)cc12. The van der Waals surface area contributed by atoms with Gasteiger partial charge < -0.3 is 14.4 Å². The molecule has 1 N–H and O–H groups in total. The molecule has 0 amide bonds. The van der Waals surface area contributed by atoms with Crippen molar-refractivity contribution in [2.45, 2.75) is 60.6 Å². The third-order valence-corrected chi connectivity index (χ3v) is 8.32. The van der Waals surface area contributed by atoms with Crippen LogP contribution >= 0.6 is 22.6 Å². The number of hydrogen-bond donors (Lipinski definition) is 1. The Labute approximate surface area is 266 Å². The van der Waals surface area contributed by atoms with Crippen molar-refractivity contribution in [3.05, 3.63) is 105 Å². The third kappa shape index (κ3) is 7.09. The van der Waals surface area contributed by atoms with Gasteiger partial charge in [-0.3, -0.25) is 9.59 Å². The number of nitrogens with zero attached hydrogens (tertiary/aromatic N) is 2. The largest absolute Gasteiger partial charge is 0.487 e. The molecule has 5 rings (SSSR count). The van der Waals surface area contributed by atoms with Crippen LogP contribution in [0.4, 0.5) is 0 Å². The van der Waals surface area contributed by atoms with Crippen LogP contribution in [-0.2, 0) is 24.4 Å². The summed E-state index contributed by atoms with van der Waals surface area (Å²) in [4.78, 5) is 31.1. The molecule has 0 aliphatic rings. The van der Waals surface area contributed by atoms with E-state index in [1.807, 2.05) is 75.4 Å². The molecule has 7 heteroatoms. The minimum Gasteiger partial charge on any atom is -0.487 e. The molecule has 0 saturated heterocycles. The van der Waals surface area contributed by atoms with Crippen molar-refractivity contribution in [2.75, 3.05) is 0 Å². The molecule has 2 heterocycles. The number of aliphatic carboxylic acids is 1. The molecular weight excluding hydrogens is 649 g/mol. The standard InChI is InChI=1S/C36H37IN2O4/c1-35(2,3)20-32(40)33-28-18-27(43-22-26-15-12-24-8-6-7-9-29(24)38-26)16-17-30(28)39(21-23-10-13-25(37)14-11-23)31(33)19-36(4,5)34(41)42/h6-18H,19-22H2,1-5H3,(H,41,42)/i37-2. The summed E-state index contributed by atoms with van der Waals surface area (Å²) in [6.07, 6.45) is 0.548. The summed E-state index contributed by atoms with van der Waals surface area (Å²) in [5.41, 5.74) is 3.68. The Bertz CT molecular complexity index is 1810. The van der Waals surface area contributed by atoms with E-state index >= 15 is 0 Å². The maximum atomic E-state index is 14.1. The summed E-state index contributed by atoms with van der Waals surface area (Å²) >= 11 is 2.28. The summed E-state index contributed by atoms with van der Waals surface area (Å²) in [6.45, 7) is 10.4. The molecule has 0 saturated carbocycles. The molecule has 5 aromatic rings. The molecule has 0 unspecified atom stereocenters. The van der Waals surface area contributed by atoms with E-state index in [0.29, 0.717) is 24.3 Å². The van der Waals surface area contributed by atoms with Gasteiger partial charge >= 0.3 is 5.97 Å². The minimum atomic E-state index is -1.07. The first-order chi connectivity index (χ1) is 20.3. The Kier molecular flexibility index (Phi) is 8.65. The normalized spacial score (nSPS) is 12.1. The number of para-hydroxylation sites is 1. The molecule has 43 heavy (non-hydrogen) atoms. The lowest BCUT2D eigenvalue weighted by Gasteiger charge is -2.23. The Balaban J connectivity index is 1.62. The second-order valence-corrected chi connectivity index (χ2v) is 14.3. The van der Waals surface area contributed by atoms with Crippen molar-refractivity contribution in [3.8, 4) is 5.75 Å². The number of carboxylic acid groups (broad SMARTS) is 1. The number of benzene rings is 3. The van der Waals surface area contributed by atoms with Crippen LogP contribution in [0.1, 0.15) is 68.3 Å². The maximum absolute atomic E-state index is 14.1. The number of halogens is 1. The Hall–Kier alpha value is -3.72. The fourth-order valence-corrected chi connectivity index (χ4v) is 5.69. The number of ketones is 1.